The molecule has 50 heavy (non-hydrogen) atoms. The maximum Gasteiger partial charge on any atom is 0.0548 e. The van der Waals surface area contributed by atoms with Crippen LogP contribution in [0.3, 0.4) is 0 Å². The van der Waals surface area contributed by atoms with Gasteiger partial charge in [-0.15, -0.1) is 22.7 Å². The average molecular weight is 671 g/mol. The first kappa shape index (κ1) is 26.9. The summed E-state index contributed by atoms with van der Waals surface area (Å²) in [5.41, 5.74) is 7.33. The molecule has 0 aliphatic carbocycles. The Balaban J connectivity index is 1.19. The largest absolute Gasteiger partial charge is 0.309 e. The van der Waals surface area contributed by atoms with Crippen LogP contribution in [0.2, 0.25) is 0 Å². The van der Waals surface area contributed by atoms with Crippen molar-refractivity contribution in [2.24, 2.45) is 0 Å². The summed E-state index contributed by atoms with van der Waals surface area (Å²) in [7, 11) is 0. The molecule has 0 unspecified atom stereocenters. The highest BCUT2D eigenvalue weighted by Gasteiger charge is 2.21. The molecule has 0 amide bonds. The molecule has 2 nitrogen and oxygen atoms in total. The lowest BCUT2D eigenvalue weighted by Crippen LogP contribution is -1.99. The molecule has 8 aromatic carbocycles. The molecule has 232 valence electrons. The Morgan fingerprint density at radius 3 is 1.14 bits per heavy atom. The third-order valence-corrected chi connectivity index (χ3v) is 13.0. The van der Waals surface area contributed by atoms with Crippen molar-refractivity contribution in [3.05, 3.63) is 158 Å². The molecule has 12 rings (SSSR count). The Labute approximate surface area is 294 Å². The Morgan fingerprint density at radius 2 is 0.660 bits per heavy atom. The van der Waals surface area contributed by atoms with Crippen LogP contribution >= 0.6 is 22.7 Å². The van der Waals surface area contributed by atoms with Gasteiger partial charge in [0.15, 0.2) is 0 Å². The minimum atomic E-state index is 1.20. The number of thiophene rings is 2. The van der Waals surface area contributed by atoms with Crippen LogP contribution in [0.5, 0.6) is 0 Å². The normalized spacial score (nSPS) is 12.4. The van der Waals surface area contributed by atoms with Crippen LogP contribution in [0.1, 0.15) is 0 Å². The van der Waals surface area contributed by atoms with E-state index in [0.717, 1.165) is 0 Å². The van der Waals surface area contributed by atoms with Crippen molar-refractivity contribution < 1.29 is 0 Å². The van der Waals surface area contributed by atoms with Gasteiger partial charge in [0.05, 0.1) is 33.4 Å². The number of aromatic nitrogens is 2. The molecule has 0 spiro atoms. The lowest BCUT2D eigenvalue weighted by molar-refractivity contribution is 1.18. The van der Waals surface area contributed by atoms with Crippen molar-refractivity contribution in [1.82, 2.24) is 9.13 Å². The summed E-state index contributed by atoms with van der Waals surface area (Å²) < 4.78 is 10.3. The minimum absolute atomic E-state index is 1.20. The van der Waals surface area contributed by atoms with Crippen LogP contribution < -0.4 is 0 Å². The Bertz CT molecular complexity index is 3160. The van der Waals surface area contributed by atoms with E-state index < -0.39 is 0 Å². The van der Waals surface area contributed by atoms with Crippen molar-refractivity contribution in [2.75, 3.05) is 0 Å². The van der Waals surface area contributed by atoms with Crippen LogP contribution in [-0.4, -0.2) is 9.13 Å². The van der Waals surface area contributed by atoms with Gasteiger partial charge in [0.1, 0.15) is 0 Å². The summed E-state index contributed by atoms with van der Waals surface area (Å²) in [4.78, 5) is 0. The average Bonchev–Trinajstić information content (AvgIpc) is 3.91. The van der Waals surface area contributed by atoms with Crippen LogP contribution in [0.25, 0.3) is 106 Å². The van der Waals surface area contributed by atoms with E-state index in [-0.39, 0.29) is 0 Å². The van der Waals surface area contributed by atoms with Crippen LogP contribution in [-0.2, 0) is 0 Å². The smallest absolute Gasteiger partial charge is 0.0548 e. The molecular weight excluding hydrogens is 645 g/mol. The second-order valence-corrected chi connectivity index (χ2v) is 15.4. The SMILES string of the molecule is c1ccc2c(c1)sc1ccc3c(c4ccccc4n3-c3cccc4c(-n5c6ccccc6c6c7c(ccc65)sc5ccccc57)cccc34)c12. The molecule has 12 aromatic rings. The van der Waals surface area contributed by atoms with E-state index in [2.05, 4.69) is 167 Å². The first-order chi connectivity index (χ1) is 24.8. The highest BCUT2D eigenvalue weighted by molar-refractivity contribution is 7.26. The molecule has 4 heteroatoms. The zero-order valence-electron chi connectivity index (χ0n) is 26.7. The van der Waals surface area contributed by atoms with Gasteiger partial charge in [-0.3, -0.25) is 0 Å². The maximum atomic E-state index is 2.50. The molecule has 0 radical (unpaired) electrons. The van der Waals surface area contributed by atoms with Gasteiger partial charge in [0, 0.05) is 72.7 Å². The molecule has 0 saturated heterocycles. The molecule has 0 bridgehead atoms. The van der Waals surface area contributed by atoms with Crippen LogP contribution in [0, 0.1) is 0 Å². The van der Waals surface area contributed by atoms with Crippen molar-refractivity contribution >= 4 is 117 Å². The van der Waals surface area contributed by atoms with Gasteiger partial charge < -0.3 is 9.13 Å². The van der Waals surface area contributed by atoms with Gasteiger partial charge in [-0.1, -0.05) is 97.1 Å². The van der Waals surface area contributed by atoms with Crippen molar-refractivity contribution in [3.8, 4) is 11.4 Å². The van der Waals surface area contributed by atoms with Crippen molar-refractivity contribution in [2.45, 2.75) is 0 Å². The highest BCUT2D eigenvalue weighted by atomic mass is 32.1. The van der Waals surface area contributed by atoms with Gasteiger partial charge in [-0.05, 0) is 60.7 Å². The third kappa shape index (κ3) is 3.42. The molecule has 0 aliphatic heterocycles. The number of para-hydroxylation sites is 2. The van der Waals surface area contributed by atoms with E-state index in [9.17, 15) is 0 Å². The first-order valence-corrected chi connectivity index (χ1v) is 18.7. The summed E-state index contributed by atoms with van der Waals surface area (Å²) in [5, 5.41) is 13.1. The van der Waals surface area contributed by atoms with Crippen LogP contribution in [0.15, 0.2) is 158 Å². The summed E-state index contributed by atoms with van der Waals surface area (Å²) >= 11 is 3.77. The number of nitrogens with zero attached hydrogens (tertiary/aromatic N) is 2. The molecule has 0 aliphatic rings. The standard InChI is InChI=1S/C46H26N2S2/c1-5-17-35-29(11-1)43-37(23-25-41-45(43)31-13-3-7-21-39(31)49-41)47(35)33-19-9-16-28-27(33)15-10-20-34(28)48-36-18-6-2-12-30(36)44-38(48)24-26-42-46(44)32-14-4-8-22-40(32)50-42/h1-26H. The predicted molar refractivity (Wildman–Crippen MR) is 218 cm³/mol. The monoisotopic (exact) mass is 670 g/mol. The van der Waals surface area contributed by atoms with Gasteiger partial charge in [-0.25, -0.2) is 0 Å². The Hall–Kier alpha value is -5.94. The molecular formula is C46H26N2S2. The van der Waals surface area contributed by atoms with E-state index >= 15 is 0 Å². The number of benzene rings is 8. The second kappa shape index (κ2) is 9.82. The van der Waals surface area contributed by atoms with E-state index in [1.165, 1.54) is 106 Å². The van der Waals surface area contributed by atoms with Gasteiger partial charge in [0.25, 0.3) is 0 Å². The predicted octanol–water partition coefficient (Wildman–Crippen LogP) is 13.8. The first-order valence-electron chi connectivity index (χ1n) is 17.0. The molecule has 0 saturated carbocycles. The van der Waals surface area contributed by atoms with Gasteiger partial charge in [0.2, 0.25) is 0 Å². The molecule has 4 aromatic heterocycles. The number of hydrogen-bond acceptors (Lipinski definition) is 2. The lowest BCUT2D eigenvalue weighted by atomic mass is 10.0. The quantitative estimate of drug-likeness (QED) is 0.173. The zero-order valence-corrected chi connectivity index (χ0v) is 28.4. The van der Waals surface area contributed by atoms with Crippen molar-refractivity contribution in [1.29, 1.82) is 0 Å². The summed E-state index contributed by atoms with van der Waals surface area (Å²) in [6.07, 6.45) is 0. The van der Waals surface area contributed by atoms with E-state index in [4.69, 9.17) is 0 Å². The summed E-state index contributed by atoms with van der Waals surface area (Å²) in [6, 6.07) is 58.5. The van der Waals surface area contributed by atoms with E-state index in [1.54, 1.807) is 0 Å². The summed E-state index contributed by atoms with van der Waals surface area (Å²) in [6.45, 7) is 0. The minimum Gasteiger partial charge on any atom is -0.309 e. The fourth-order valence-electron chi connectivity index (χ4n) is 8.73. The molecule has 0 N–H and O–H groups in total. The zero-order chi connectivity index (χ0) is 32.5. The maximum absolute atomic E-state index is 2.50. The lowest BCUT2D eigenvalue weighted by Gasteiger charge is -2.16. The van der Waals surface area contributed by atoms with Crippen LogP contribution in [0.4, 0.5) is 0 Å². The Morgan fingerprint density at radius 1 is 0.260 bits per heavy atom. The van der Waals surface area contributed by atoms with E-state index in [0.29, 0.717) is 0 Å². The summed E-state index contributed by atoms with van der Waals surface area (Å²) in [5.74, 6) is 0. The van der Waals surface area contributed by atoms with Crippen molar-refractivity contribution in [3.63, 3.8) is 0 Å². The number of hydrogen-bond donors (Lipinski definition) is 0. The topological polar surface area (TPSA) is 9.86 Å². The third-order valence-electron chi connectivity index (χ3n) is 10.7. The highest BCUT2D eigenvalue weighted by Crippen LogP contribution is 2.46. The number of rotatable bonds is 2. The fourth-order valence-corrected chi connectivity index (χ4v) is 11.0. The number of fused-ring (bicyclic) bond motifs is 15. The molecule has 0 fully saturated rings. The Kier molecular flexibility index (Phi) is 5.29. The second-order valence-electron chi connectivity index (χ2n) is 13.2. The fraction of sp³-hybridized carbons (Fsp3) is 0. The van der Waals surface area contributed by atoms with E-state index in [1.807, 2.05) is 22.7 Å². The van der Waals surface area contributed by atoms with Gasteiger partial charge >= 0.3 is 0 Å². The molecule has 0 atom stereocenters. The molecule has 4 heterocycles. The van der Waals surface area contributed by atoms with Gasteiger partial charge in [-0.2, -0.15) is 0 Å².